The Morgan fingerprint density at radius 3 is 2.67 bits per heavy atom. The van der Waals surface area contributed by atoms with Crippen molar-refractivity contribution < 1.29 is 9.59 Å². The first-order valence-corrected chi connectivity index (χ1v) is 7.29. The molecule has 1 fully saturated rings. The monoisotopic (exact) mass is 282 g/mol. The number of hydrogen-bond acceptors (Lipinski definition) is 3. The highest BCUT2D eigenvalue weighted by molar-refractivity contribution is 5.86. The number of carbonyl (C=O) groups excluding carboxylic acids is 2. The van der Waals surface area contributed by atoms with E-state index in [-0.39, 0.29) is 5.91 Å². The van der Waals surface area contributed by atoms with E-state index in [4.69, 9.17) is 4.98 Å². The van der Waals surface area contributed by atoms with Crippen LogP contribution >= 0.6 is 0 Å². The molecule has 4 nitrogen and oxygen atoms in total. The number of carbonyl (C=O) groups is 2. The van der Waals surface area contributed by atoms with E-state index in [2.05, 4.69) is 0 Å². The summed E-state index contributed by atoms with van der Waals surface area (Å²) in [7, 11) is 0. The Bertz CT molecular complexity index is 688. The summed E-state index contributed by atoms with van der Waals surface area (Å²) >= 11 is 0. The van der Waals surface area contributed by atoms with Gasteiger partial charge in [0.1, 0.15) is 6.29 Å². The predicted octanol–water partition coefficient (Wildman–Crippen LogP) is 2.77. The Kier molecular flexibility index (Phi) is 3.69. The molecular weight excluding hydrogens is 264 g/mol. The fourth-order valence-electron chi connectivity index (χ4n) is 2.95. The van der Waals surface area contributed by atoms with Crippen molar-refractivity contribution in [3.05, 3.63) is 41.6 Å². The lowest BCUT2D eigenvalue weighted by Gasteiger charge is -2.31. The number of pyridine rings is 1. The Hall–Kier alpha value is -2.23. The van der Waals surface area contributed by atoms with Crippen LogP contribution in [-0.2, 0) is 4.79 Å². The van der Waals surface area contributed by atoms with Gasteiger partial charge in [-0.2, -0.15) is 0 Å². The van der Waals surface area contributed by atoms with Crippen LogP contribution in [-0.4, -0.2) is 35.2 Å². The molecule has 4 heteroatoms. The van der Waals surface area contributed by atoms with E-state index in [1.807, 2.05) is 29.2 Å². The average molecular weight is 282 g/mol. The number of nitrogens with zero attached hydrogens (tertiary/aromatic N) is 2. The van der Waals surface area contributed by atoms with Gasteiger partial charge >= 0.3 is 0 Å². The molecule has 1 aliphatic rings. The molecule has 0 bridgehead atoms. The number of hydrogen-bond donors (Lipinski definition) is 0. The molecule has 0 N–H and O–H groups in total. The van der Waals surface area contributed by atoms with Crippen molar-refractivity contribution >= 4 is 23.1 Å². The molecule has 0 saturated carbocycles. The molecule has 3 rings (SSSR count). The summed E-state index contributed by atoms with van der Waals surface area (Å²) in [6.45, 7) is 3.24. The Balaban J connectivity index is 1.82. The van der Waals surface area contributed by atoms with Crippen molar-refractivity contribution in [3.63, 3.8) is 0 Å². The van der Waals surface area contributed by atoms with Gasteiger partial charge in [0.2, 0.25) is 5.91 Å². The van der Waals surface area contributed by atoms with Crippen molar-refractivity contribution in [2.75, 3.05) is 13.1 Å². The van der Waals surface area contributed by atoms with Crippen molar-refractivity contribution in [3.8, 4) is 0 Å². The first-order valence-electron chi connectivity index (χ1n) is 7.29. The highest BCUT2D eigenvalue weighted by atomic mass is 16.2. The van der Waals surface area contributed by atoms with Gasteiger partial charge in [0.25, 0.3) is 0 Å². The molecule has 1 saturated heterocycles. The largest absolute Gasteiger partial charge is 0.343 e. The van der Waals surface area contributed by atoms with Gasteiger partial charge in [-0.15, -0.1) is 0 Å². The normalized spacial score (nSPS) is 16.1. The minimum atomic E-state index is 0.154. The fraction of sp³-hybridized carbons (Fsp3) is 0.353. The topological polar surface area (TPSA) is 50.3 Å². The van der Waals surface area contributed by atoms with Crippen LogP contribution in [0.25, 0.3) is 10.9 Å². The number of aldehydes is 1. The summed E-state index contributed by atoms with van der Waals surface area (Å²) < 4.78 is 0. The van der Waals surface area contributed by atoms with Gasteiger partial charge in [0.05, 0.1) is 5.52 Å². The third-order valence-corrected chi connectivity index (χ3v) is 4.23. The van der Waals surface area contributed by atoms with E-state index in [1.165, 1.54) is 0 Å². The second-order valence-corrected chi connectivity index (χ2v) is 5.59. The molecule has 0 aliphatic carbocycles. The summed E-state index contributed by atoms with van der Waals surface area (Å²) in [5, 5.41) is 0.990. The van der Waals surface area contributed by atoms with Crippen LogP contribution < -0.4 is 0 Å². The van der Waals surface area contributed by atoms with Gasteiger partial charge in [0, 0.05) is 42.6 Å². The van der Waals surface area contributed by atoms with Crippen LogP contribution in [0, 0.1) is 0 Å². The summed E-state index contributed by atoms with van der Waals surface area (Å²) in [6.07, 6.45) is 2.78. The number of rotatable bonds is 2. The number of amides is 1. The third kappa shape index (κ3) is 2.79. The van der Waals surface area contributed by atoms with Crippen LogP contribution in [0.1, 0.15) is 41.7 Å². The molecule has 2 heterocycles. The average Bonchev–Trinajstić information content (AvgIpc) is 2.54. The molecule has 1 aliphatic heterocycles. The maximum atomic E-state index is 11.4. The summed E-state index contributed by atoms with van der Waals surface area (Å²) in [4.78, 5) is 28.8. The van der Waals surface area contributed by atoms with E-state index in [9.17, 15) is 9.59 Å². The molecule has 2 aromatic rings. The molecule has 0 atom stereocenters. The summed E-state index contributed by atoms with van der Waals surface area (Å²) in [5.41, 5.74) is 2.68. The lowest BCUT2D eigenvalue weighted by molar-refractivity contribution is -0.129. The second kappa shape index (κ2) is 5.64. The standard InChI is InChI=1S/C17H18N2O2/c1-12(21)19-8-6-14(7-9-19)16-5-3-15-10-13(11-20)2-4-17(15)18-16/h2-5,10-11,14H,6-9H2,1H3. The molecular formula is C17H18N2O2. The molecule has 1 aromatic carbocycles. The van der Waals surface area contributed by atoms with Gasteiger partial charge in [-0.05, 0) is 37.1 Å². The van der Waals surface area contributed by atoms with Crippen molar-refractivity contribution in [1.29, 1.82) is 0 Å². The van der Waals surface area contributed by atoms with Crippen molar-refractivity contribution in [2.24, 2.45) is 0 Å². The lowest BCUT2D eigenvalue weighted by atomic mass is 9.92. The summed E-state index contributed by atoms with van der Waals surface area (Å²) in [6, 6.07) is 9.63. The van der Waals surface area contributed by atoms with Gasteiger partial charge < -0.3 is 4.90 Å². The van der Waals surface area contributed by atoms with Gasteiger partial charge in [-0.25, -0.2) is 0 Å². The zero-order chi connectivity index (χ0) is 14.8. The SMILES string of the molecule is CC(=O)N1CCC(c2ccc3cc(C=O)ccc3n2)CC1. The Morgan fingerprint density at radius 1 is 1.24 bits per heavy atom. The van der Waals surface area contributed by atoms with E-state index in [0.717, 1.165) is 48.8 Å². The first kappa shape index (κ1) is 13.7. The molecule has 1 aromatic heterocycles. The van der Waals surface area contributed by atoms with Crippen LogP contribution in [0.2, 0.25) is 0 Å². The number of fused-ring (bicyclic) bond motifs is 1. The first-order chi connectivity index (χ1) is 10.2. The Labute approximate surface area is 123 Å². The molecule has 108 valence electrons. The van der Waals surface area contributed by atoms with Gasteiger partial charge in [0.15, 0.2) is 0 Å². The Morgan fingerprint density at radius 2 is 2.00 bits per heavy atom. The fourth-order valence-corrected chi connectivity index (χ4v) is 2.95. The number of benzene rings is 1. The lowest BCUT2D eigenvalue weighted by Crippen LogP contribution is -2.36. The number of aromatic nitrogens is 1. The quantitative estimate of drug-likeness (QED) is 0.796. The maximum absolute atomic E-state index is 11.4. The van der Waals surface area contributed by atoms with Crippen molar-refractivity contribution in [2.45, 2.75) is 25.7 Å². The highest BCUT2D eigenvalue weighted by Gasteiger charge is 2.22. The van der Waals surface area contributed by atoms with Crippen molar-refractivity contribution in [1.82, 2.24) is 9.88 Å². The van der Waals surface area contributed by atoms with E-state index in [1.54, 1.807) is 13.0 Å². The minimum absolute atomic E-state index is 0.154. The van der Waals surface area contributed by atoms with Crippen LogP contribution in [0.4, 0.5) is 0 Å². The molecule has 21 heavy (non-hydrogen) atoms. The van der Waals surface area contributed by atoms with E-state index >= 15 is 0 Å². The van der Waals surface area contributed by atoms with Crippen LogP contribution in [0.5, 0.6) is 0 Å². The zero-order valence-electron chi connectivity index (χ0n) is 12.1. The van der Waals surface area contributed by atoms with Gasteiger partial charge in [-0.1, -0.05) is 6.07 Å². The molecule has 0 spiro atoms. The highest BCUT2D eigenvalue weighted by Crippen LogP contribution is 2.28. The minimum Gasteiger partial charge on any atom is -0.343 e. The number of piperidine rings is 1. The number of likely N-dealkylation sites (tertiary alicyclic amines) is 1. The predicted molar refractivity (Wildman–Crippen MR) is 81.4 cm³/mol. The molecule has 1 amide bonds. The third-order valence-electron chi connectivity index (χ3n) is 4.23. The van der Waals surface area contributed by atoms with E-state index < -0.39 is 0 Å². The van der Waals surface area contributed by atoms with Crippen LogP contribution in [0.15, 0.2) is 30.3 Å². The van der Waals surface area contributed by atoms with Crippen LogP contribution in [0.3, 0.4) is 0 Å². The van der Waals surface area contributed by atoms with Gasteiger partial charge in [-0.3, -0.25) is 14.6 Å². The smallest absolute Gasteiger partial charge is 0.219 e. The molecule has 0 unspecified atom stereocenters. The second-order valence-electron chi connectivity index (χ2n) is 5.59. The molecule has 0 radical (unpaired) electrons. The summed E-state index contributed by atoms with van der Waals surface area (Å²) in [5.74, 6) is 0.567. The maximum Gasteiger partial charge on any atom is 0.219 e. The van der Waals surface area contributed by atoms with E-state index in [0.29, 0.717) is 11.5 Å². The zero-order valence-corrected chi connectivity index (χ0v) is 12.1.